The summed E-state index contributed by atoms with van der Waals surface area (Å²) in [5.74, 6) is -2.67. The Labute approximate surface area is 268 Å². The van der Waals surface area contributed by atoms with Crippen LogP contribution in [0.4, 0.5) is 0 Å². The van der Waals surface area contributed by atoms with Crippen molar-refractivity contribution in [2.24, 2.45) is 0 Å². The highest BCUT2D eigenvalue weighted by atomic mass is 16.6. The zero-order valence-electron chi connectivity index (χ0n) is 26.4. The lowest BCUT2D eigenvalue weighted by Gasteiger charge is -2.26. The van der Waals surface area contributed by atoms with Gasteiger partial charge in [-0.3, -0.25) is 14.4 Å². The molecule has 0 saturated carbocycles. The molecule has 0 aliphatic heterocycles. The number of rotatable bonds is 28. The highest BCUT2D eigenvalue weighted by Crippen LogP contribution is 2.13. The van der Waals surface area contributed by atoms with E-state index in [4.69, 9.17) is 19.7 Å². The van der Waals surface area contributed by atoms with E-state index in [0.717, 1.165) is 0 Å². The molecule has 0 aromatic rings. The Morgan fingerprint density at radius 3 is 1.85 bits per heavy atom. The van der Waals surface area contributed by atoms with Gasteiger partial charge in [-0.25, -0.2) is 0 Å². The number of carbonyl (C=O) groups is 3. The van der Waals surface area contributed by atoms with Gasteiger partial charge in [-0.2, -0.15) is 0 Å². The smallest absolute Gasteiger partial charge is 0.220 e. The van der Waals surface area contributed by atoms with E-state index >= 15 is 0 Å². The van der Waals surface area contributed by atoms with Crippen molar-refractivity contribution in [1.82, 2.24) is 10.6 Å². The molecule has 0 aliphatic carbocycles. The highest BCUT2D eigenvalue weighted by molar-refractivity contribution is 5.87. The number of ketones is 1. The van der Waals surface area contributed by atoms with Gasteiger partial charge in [0.25, 0.3) is 0 Å². The Balaban J connectivity index is 4.11. The summed E-state index contributed by atoms with van der Waals surface area (Å²) in [6.07, 6.45) is -7.30. The van der Waals surface area contributed by atoms with Crippen molar-refractivity contribution in [2.45, 2.75) is 121 Å². The molecule has 0 fully saturated rings. The fourth-order valence-corrected chi connectivity index (χ4v) is 4.04. The van der Waals surface area contributed by atoms with Crippen LogP contribution in [0, 0.1) is 0 Å². The van der Waals surface area contributed by atoms with Gasteiger partial charge in [0.1, 0.15) is 18.3 Å². The molecule has 0 rings (SSSR count). The molecular formula is C29H54N2O15. The maximum Gasteiger partial charge on any atom is 0.220 e. The molecule has 0 heterocycles. The molecule has 46 heavy (non-hydrogen) atoms. The Morgan fingerprint density at radius 2 is 1.26 bits per heavy atom. The zero-order chi connectivity index (χ0) is 35.1. The van der Waals surface area contributed by atoms with Crippen molar-refractivity contribution in [2.75, 3.05) is 33.0 Å². The van der Waals surface area contributed by atoms with Gasteiger partial charge in [0.05, 0.1) is 18.8 Å². The molecule has 6 unspecified atom stereocenters. The van der Waals surface area contributed by atoms with Crippen molar-refractivity contribution in [3.8, 4) is 0 Å². The minimum atomic E-state index is -1.89. The van der Waals surface area contributed by atoms with Crippen LogP contribution in [-0.2, 0) is 23.9 Å². The maximum atomic E-state index is 12.3. The SMILES string of the molecule is CC(=O)[C@@H](CCCCNC(=O)CCCCOC(O)C(O)C(O)C(O)CCO)NC(=O)CCCCOC(O)/C(O)=C(/O)C(O)CCO. The second kappa shape index (κ2) is 25.6. The first-order valence-electron chi connectivity index (χ1n) is 15.5. The minimum absolute atomic E-state index is 0.00453. The molecule has 7 atom stereocenters. The van der Waals surface area contributed by atoms with E-state index in [0.29, 0.717) is 51.5 Å². The number of hydrogen-bond donors (Lipinski definition) is 12. The van der Waals surface area contributed by atoms with Gasteiger partial charge in [0.2, 0.25) is 18.1 Å². The molecule has 17 nitrogen and oxygen atoms in total. The van der Waals surface area contributed by atoms with E-state index in [1.54, 1.807) is 0 Å². The monoisotopic (exact) mass is 670 g/mol. The molecule has 0 bridgehead atoms. The zero-order valence-corrected chi connectivity index (χ0v) is 26.4. The van der Waals surface area contributed by atoms with Gasteiger partial charge in [-0.05, 0) is 58.3 Å². The number of nitrogens with one attached hydrogen (secondary N) is 2. The molecule has 12 N–H and O–H groups in total. The van der Waals surface area contributed by atoms with Gasteiger partial charge in [-0.1, -0.05) is 0 Å². The first-order chi connectivity index (χ1) is 21.8. The third-order valence-electron chi connectivity index (χ3n) is 6.90. The Bertz CT molecular complexity index is 891. The van der Waals surface area contributed by atoms with Crippen molar-refractivity contribution < 1.29 is 74.9 Å². The molecule has 0 aliphatic rings. The molecule has 0 aromatic heterocycles. The number of carbonyl (C=O) groups excluding carboxylic acids is 3. The molecular weight excluding hydrogens is 616 g/mol. The van der Waals surface area contributed by atoms with Crippen LogP contribution < -0.4 is 10.6 Å². The van der Waals surface area contributed by atoms with E-state index in [2.05, 4.69) is 10.6 Å². The van der Waals surface area contributed by atoms with Crippen LogP contribution in [0.1, 0.15) is 77.6 Å². The number of Topliss-reactive ketones (excluding diaryl/α,β-unsaturated/α-hetero) is 1. The van der Waals surface area contributed by atoms with E-state index in [1.165, 1.54) is 6.92 Å². The number of amides is 2. The van der Waals surface area contributed by atoms with Crippen LogP contribution in [0.2, 0.25) is 0 Å². The van der Waals surface area contributed by atoms with Crippen LogP contribution in [0.25, 0.3) is 0 Å². The van der Waals surface area contributed by atoms with Gasteiger partial charge < -0.3 is 71.2 Å². The number of aliphatic hydroxyl groups excluding tert-OH is 10. The van der Waals surface area contributed by atoms with Crippen LogP contribution in [0.15, 0.2) is 11.5 Å². The fraction of sp³-hybridized carbons (Fsp3) is 0.828. The summed E-state index contributed by atoms with van der Waals surface area (Å²) in [6.45, 7) is 0.796. The Morgan fingerprint density at radius 1 is 0.674 bits per heavy atom. The van der Waals surface area contributed by atoms with Crippen molar-refractivity contribution in [1.29, 1.82) is 0 Å². The fourth-order valence-electron chi connectivity index (χ4n) is 4.04. The summed E-state index contributed by atoms with van der Waals surface area (Å²) >= 11 is 0. The standard InChI is InChI=1S/C29H54N2O15/c1-18(34)19(31-23(38)10-4-7-17-46-29(44)27(42)25(40)21(36)12-15-33)8-2-5-13-30-22(37)9-3-6-16-45-28(43)26(41)24(39)20(35)11-14-32/h19-21,24,26,28-29,32-33,35-36,39-44H,2-17H2,1H3,(H,30,37)(H,31,38)/b27-25-/t19-,20?,21?,24?,26?,28?,29?/m1/s1. The molecule has 0 spiro atoms. The second-order valence-corrected chi connectivity index (χ2v) is 10.8. The Kier molecular flexibility index (Phi) is 24.3. The predicted molar refractivity (Wildman–Crippen MR) is 161 cm³/mol. The quantitative estimate of drug-likeness (QED) is 0.0241. The normalized spacial score (nSPS) is 16.8. The van der Waals surface area contributed by atoms with Crippen LogP contribution in [0.5, 0.6) is 0 Å². The number of hydrogen-bond acceptors (Lipinski definition) is 15. The second-order valence-electron chi connectivity index (χ2n) is 10.8. The molecule has 17 heteroatoms. The number of aliphatic hydroxyl groups is 10. The lowest BCUT2D eigenvalue weighted by molar-refractivity contribution is -0.203. The van der Waals surface area contributed by atoms with Crippen LogP contribution in [0.3, 0.4) is 0 Å². The van der Waals surface area contributed by atoms with Crippen molar-refractivity contribution in [3.63, 3.8) is 0 Å². The predicted octanol–water partition coefficient (Wildman–Crippen LogP) is -2.11. The van der Waals surface area contributed by atoms with E-state index in [9.17, 15) is 55.2 Å². The topological polar surface area (TPSA) is 296 Å². The molecule has 2 amide bonds. The summed E-state index contributed by atoms with van der Waals surface area (Å²) in [5, 5.41) is 100. The first-order valence-corrected chi connectivity index (χ1v) is 15.5. The van der Waals surface area contributed by atoms with Gasteiger partial charge in [0, 0.05) is 45.6 Å². The molecule has 270 valence electrons. The minimum Gasteiger partial charge on any atom is -0.506 e. The largest absolute Gasteiger partial charge is 0.506 e. The Hall–Kier alpha value is -2.45. The summed E-state index contributed by atoms with van der Waals surface area (Å²) in [4.78, 5) is 36.2. The van der Waals surface area contributed by atoms with Crippen LogP contribution in [-0.4, -0.2) is 145 Å². The average molecular weight is 671 g/mol. The number of unbranched alkanes of at least 4 members (excludes halogenated alkanes) is 3. The summed E-state index contributed by atoms with van der Waals surface area (Å²) in [7, 11) is 0. The van der Waals surface area contributed by atoms with E-state index in [1.807, 2.05) is 0 Å². The highest BCUT2D eigenvalue weighted by Gasteiger charge is 2.30. The molecule has 0 saturated heterocycles. The van der Waals surface area contributed by atoms with Crippen LogP contribution >= 0.6 is 0 Å². The number of ether oxygens (including phenoxy) is 2. The average Bonchev–Trinajstić information content (AvgIpc) is 3.01. The molecule has 0 radical (unpaired) electrons. The van der Waals surface area contributed by atoms with Gasteiger partial charge in [0.15, 0.2) is 23.6 Å². The third kappa shape index (κ3) is 19.3. The third-order valence-corrected chi connectivity index (χ3v) is 6.90. The summed E-state index contributed by atoms with van der Waals surface area (Å²) < 4.78 is 9.99. The van der Waals surface area contributed by atoms with Gasteiger partial charge >= 0.3 is 0 Å². The summed E-state index contributed by atoms with van der Waals surface area (Å²) in [6, 6.07) is -0.690. The van der Waals surface area contributed by atoms with Gasteiger partial charge in [-0.15, -0.1) is 0 Å². The van der Waals surface area contributed by atoms with E-state index < -0.39 is 67.8 Å². The first kappa shape index (κ1) is 43.5. The summed E-state index contributed by atoms with van der Waals surface area (Å²) in [5.41, 5.74) is 0. The lowest BCUT2D eigenvalue weighted by Crippen LogP contribution is -2.45. The molecule has 0 aromatic carbocycles. The van der Waals surface area contributed by atoms with Crippen molar-refractivity contribution >= 4 is 17.6 Å². The van der Waals surface area contributed by atoms with E-state index in [-0.39, 0.29) is 56.5 Å². The van der Waals surface area contributed by atoms with Crippen molar-refractivity contribution in [3.05, 3.63) is 11.5 Å². The maximum absolute atomic E-state index is 12.3. The lowest BCUT2D eigenvalue weighted by atomic mass is 10.1.